The zero-order valence-electron chi connectivity index (χ0n) is 12.7. The third-order valence-corrected chi connectivity index (χ3v) is 3.56. The Balaban J connectivity index is 1.65. The maximum atomic E-state index is 8.97. The molecule has 21 heavy (non-hydrogen) atoms. The molecule has 2 atom stereocenters. The maximum Gasteiger partial charge on any atom is 0.137 e. The first kappa shape index (κ1) is 15.8. The first-order chi connectivity index (χ1) is 10.2. The molecule has 1 aliphatic rings. The van der Waals surface area contributed by atoms with Gasteiger partial charge in [0, 0.05) is 6.42 Å². The van der Waals surface area contributed by atoms with Crippen LogP contribution in [0, 0.1) is 11.3 Å². The minimum atomic E-state index is 0.275. The summed E-state index contributed by atoms with van der Waals surface area (Å²) in [6.45, 7) is 5.42. The molecular weight excluding hydrogens is 266 g/mol. The van der Waals surface area contributed by atoms with Crippen molar-refractivity contribution < 1.29 is 14.2 Å². The summed E-state index contributed by atoms with van der Waals surface area (Å²) in [5, 5.41) is 8.97. The Kier molecular flexibility index (Phi) is 6.04. The molecule has 0 radical (unpaired) electrons. The van der Waals surface area contributed by atoms with E-state index >= 15 is 0 Å². The van der Waals surface area contributed by atoms with Crippen LogP contribution in [-0.4, -0.2) is 31.5 Å². The van der Waals surface area contributed by atoms with E-state index in [0.29, 0.717) is 24.5 Å². The lowest BCUT2D eigenvalue weighted by Gasteiger charge is -2.32. The second-order valence-electron chi connectivity index (χ2n) is 5.53. The molecule has 4 nitrogen and oxygen atoms in total. The van der Waals surface area contributed by atoms with Gasteiger partial charge >= 0.3 is 0 Å². The fourth-order valence-electron chi connectivity index (χ4n) is 2.66. The van der Waals surface area contributed by atoms with Gasteiger partial charge < -0.3 is 14.2 Å². The summed E-state index contributed by atoms with van der Waals surface area (Å²) in [7, 11) is 0. The van der Waals surface area contributed by atoms with Gasteiger partial charge in [-0.05, 0) is 38.8 Å². The fourth-order valence-corrected chi connectivity index (χ4v) is 2.66. The van der Waals surface area contributed by atoms with E-state index in [1.54, 1.807) is 6.07 Å². The van der Waals surface area contributed by atoms with Gasteiger partial charge in [0.1, 0.15) is 11.8 Å². The standard InChI is InChI=1S/C17H23NO3/c1-13-10-16(11-14(2)21-13)19-8-5-9-20-17-7-4-3-6-15(17)12-18/h3-4,6-7,13-14,16H,5,8-11H2,1-2H3. The van der Waals surface area contributed by atoms with Crippen molar-refractivity contribution in [3.8, 4) is 11.8 Å². The van der Waals surface area contributed by atoms with Crippen LogP contribution in [0.4, 0.5) is 0 Å². The van der Waals surface area contributed by atoms with E-state index in [-0.39, 0.29) is 18.3 Å². The molecule has 0 spiro atoms. The lowest BCUT2D eigenvalue weighted by atomic mass is 10.0. The van der Waals surface area contributed by atoms with Crippen LogP contribution in [0.2, 0.25) is 0 Å². The largest absolute Gasteiger partial charge is 0.492 e. The molecule has 0 N–H and O–H groups in total. The number of ether oxygens (including phenoxy) is 3. The number of para-hydroxylation sites is 1. The van der Waals surface area contributed by atoms with Crippen LogP contribution in [0.3, 0.4) is 0 Å². The molecule has 0 aromatic heterocycles. The van der Waals surface area contributed by atoms with E-state index in [9.17, 15) is 0 Å². The summed E-state index contributed by atoms with van der Waals surface area (Å²) in [4.78, 5) is 0. The lowest BCUT2D eigenvalue weighted by Crippen LogP contribution is -2.34. The van der Waals surface area contributed by atoms with Crippen molar-refractivity contribution in [2.75, 3.05) is 13.2 Å². The monoisotopic (exact) mass is 289 g/mol. The number of hydrogen-bond donors (Lipinski definition) is 0. The van der Waals surface area contributed by atoms with Crippen LogP contribution in [0.5, 0.6) is 5.75 Å². The van der Waals surface area contributed by atoms with Crippen molar-refractivity contribution >= 4 is 0 Å². The molecule has 0 saturated carbocycles. The second kappa shape index (κ2) is 8.02. The maximum absolute atomic E-state index is 8.97. The van der Waals surface area contributed by atoms with Crippen LogP contribution in [0.1, 0.15) is 38.7 Å². The van der Waals surface area contributed by atoms with Crippen LogP contribution >= 0.6 is 0 Å². The first-order valence-electron chi connectivity index (χ1n) is 7.58. The van der Waals surface area contributed by atoms with Gasteiger partial charge in [0.25, 0.3) is 0 Å². The van der Waals surface area contributed by atoms with E-state index in [0.717, 1.165) is 19.3 Å². The molecule has 0 bridgehead atoms. The molecule has 1 saturated heterocycles. The number of nitrogens with zero attached hydrogens (tertiary/aromatic N) is 1. The summed E-state index contributed by atoms with van der Waals surface area (Å²) < 4.78 is 17.2. The van der Waals surface area contributed by atoms with Crippen LogP contribution in [0.15, 0.2) is 24.3 Å². The van der Waals surface area contributed by atoms with Crippen molar-refractivity contribution in [1.29, 1.82) is 5.26 Å². The predicted molar refractivity (Wildman–Crippen MR) is 80.3 cm³/mol. The van der Waals surface area contributed by atoms with E-state index < -0.39 is 0 Å². The third kappa shape index (κ3) is 5.04. The van der Waals surface area contributed by atoms with Crippen LogP contribution < -0.4 is 4.74 Å². The molecule has 0 amide bonds. The minimum absolute atomic E-state index is 0.275. The van der Waals surface area contributed by atoms with Crippen LogP contribution in [-0.2, 0) is 9.47 Å². The lowest BCUT2D eigenvalue weighted by molar-refractivity contribution is -0.102. The molecular formula is C17H23NO3. The van der Waals surface area contributed by atoms with Crippen molar-refractivity contribution in [1.82, 2.24) is 0 Å². The Morgan fingerprint density at radius 1 is 1.19 bits per heavy atom. The highest BCUT2D eigenvalue weighted by Gasteiger charge is 2.24. The minimum Gasteiger partial charge on any atom is -0.492 e. The Morgan fingerprint density at radius 2 is 1.90 bits per heavy atom. The summed E-state index contributed by atoms with van der Waals surface area (Å²) in [5.74, 6) is 0.647. The summed E-state index contributed by atoms with van der Waals surface area (Å²) in [6.07, 6.45) is 3.58. The van der Waals surface area contributed by atoms with Gasteiger partial charge in [-0.3, -0.25) is 0 Å². The highest BCUT2D eigenvalue weighted by Crippen LogP contribution is 2.22. The van der Waals surface area contributed by atoms with E-state index in [2.05, 4.69) is 19.9 Å². The molecule has 4 heteroatoms. The Hall–Kier alpha value is -1.57. The topological polar surface area (TPSA) is 51.5 Å². The van der Waals surface area contributed by atoms with Gasteiger partial charge in [-0.2, -0.15) is 5.26 Å². The smallest absolute Gasteiger partial charge is 0.137 e. The summed E-state index contributed by atoms with van der Waals surface area (Å²) >= 11 is 0. The molecule has 1 aromatic rings. The van der Waals surface area contributed by atoms with Gasteiger partial charge in [-0.25, -0.2) is 0 Å². The first-order valence-corrected chi connectivity index (χ1v) is 7.58. The molecule has 2 rings (SSSR count). The molecule has 1 fully saturated rings. The molecule has 1 heterocycles. The fraction of sp³-hybridized carbons (Fsp3) is 0.588. The van der Waals surface area contributed by atoms with Gasteiger partial charge in [-0.1, -0.05) is 12.1 Å². The predicted octanol–water partition coefficient (Wildman–Crippen LogP) is 3.30. The number of hydrogen-bond acceptors (Lipinski definition) is 4. The SMILES string of the molecule is CC1CC(OCCCOc2ccccc2C#N)CC(C)O1. The Morgan fingerprint density at radius 3 is 2.62 bits per heavy atom. The van der Waals surface area contributed by atoms with Gasteiger partial charge in [0.2, 0.25) is 0 Å². The quantitative estimate of drug-likeness (QED) is 0.754. The zero-order chi connectivity index (χ0) is 15.1. The van der Waals surface area contributed by atoms with E-state index in [1.165, 1.54) is 0 Å². The molecule has 2 unspecified atom stereocenters. The molecule has 0 aliphatic carbocycles. The Labute approximate surface area is 126 Å². The third-order valence-electron chi connectivity index (χ3n) is 3.56. The van der Waals surface area contributed by atoms with E-state index in [1.807, 2.05) is 18.2 Å². The van der Waals surface area contributed by atoms with Gasteiger partial charge in [0.05, 0.1) is 37.1 Å². The van der Waals surface area contributed by atoms with Gasteiger partial charge in [-0.15, -0.1) is 0 Å². The van der Waals surface area contributed by atoms with Crippen molar-refractivity contribution in [3.05, 3.63) is 29.8 Å². The average Bonchev–Trinajstić information content (AvgIpc) is 2.46. The normalized spacial score (nSPS) is 25.3. The number of benzene rings is 1. The Bertz CT molecular complexity index is 473. The van der Waals surface area contributed by atoms with Crippen molar-refractivity contribution in [2.24, 2.45) is 0 Å². The number of rotatable bonds is 6. The second-order valence-corrected chi connectivity index (χ2v) is 5.53. The summed E-state index contributed by atoms with van der Waals surface area (Å²) in [6, 6.07) is 9.42. The molecule has 1 aromatic carbocycles. The zero-order valence-corrected chi connectivity index (χ0v) is 12.7. The van der Waals surface area contributed by atoms with Crippen molar-refractivity contribution in [3.63, 3.8) is 0 Å². The van der Waals surface area contributed by atoms with Gasteiger partial charge in [0.15, 0.2) is 0 Å². The van der Waals surface area contributed by atoms with Crippen LogP contribution in [0.25, 0.3) is 0 Å². The van der Waals surface area contributed by atoms with E-state index in [4.69, 9.17) is 19.5 Å². The highest BCUT2D eigenvalue weighted by molar-refractivity contribution is 5.42. The molecule has 1 aliphatic heterocycles. The average molecular weight is 289 g/mol. The highest BCUT2D eigenvalue weighted by atomic mass is 16.5. The summed E-state index contributed by atoms with van der Waals surface area (Å²) in [5.41, 5.74) is 0.575. The molecule has 114 valence electrons. The van der Waals surface area contributed by atoms with Crippen molar-refractivity contribution in [2.45, 2.75) is 51.4 Å². The number of nitriles is 1.